The van der Waals surface area contributed by atoms with Gasteiger partial charge >= 0.3 is 6.18 Å². The fourth-order valence-corrected chi connectivity index (χ4v) is 4.42. The Kier molecular flexibility index (Phi) is 6.83. The predicted octanol–water partition coefficient (Wildman–Crippen LogP) is 4.50. The Hall–Kier alpha value is -2.29. The van der Waals surface area contributed by atoms with E-state index in [1.807, 2.05) is 19.9 Å². The van der Waals surface area contributed by atoms with E-state index in [2.05, 4.69) is 5.32 Å². The van der Waals surface area contributed by atoms with Crippen molar-refractivity contribution in [3.8, 4) is 0 Å². The van der Waals surface area contributed by atoms with Crippen LogP contribution in [0.2, 0.25) is 5.02 Å². The average Bonchev–Trinajstić information content (AvgIpc) is 2.71. The van der Waals surface area contributed by atoms with Crippen molar-refractivity contribution in [1.29, 1.82) is 5.41 Å². The number of nitrogens with zero attached hydrogens (tertiary/aromatic N) is 1. The maximum absolute atomic E-state index is 13.3. The Morgan fingerprint density at radius 1 is 1.45 bits per heavy atom. The summed E-state index contributed by atoms with van der Waals surface area (Å²) in [6.45, 7) is 4.22. The number of rotatable bonds is 5. The maximum atomic E-state index is 13.3. The molecule has 3 unspecified atom stereocenters. The molecule has 5 nitrogen and oxygen atoms in total. The molecule has 0 aromatic heterocycles. The molecule has 0 amide bonds. The lowest BCUT2D eigenvalue weighted by Gasteiger charge is -2.42. The zero-order chi connectivity index (χ0) is 22.9. The molecule has 1 aromatic rings. The highest BCUT2D eigenvalue weighted by molar-refractivity contribution is 6.32. The van der Waals surface area contributed by atoms with Crippen LogP contribution in [0.5, 0.6) is 0 Å². The Bertz CT molecular complexity index is 955. The Balaban J connectivity index is 1.96. The number of benzene rings is 1. The first kappa shape index (κ1) is 23.4. The summed E-state index contributed by atoms with van der Waals surface area (Å²) in [6, 6.07) is 3.41. The molecular weight excluding hydrogens is 429 g/mol. The topological polar surface area (TPSA) is 85.4 Å². The van der Waals surface area contributed by atoms with Gasteiger partial charge in [0.2, 0.25) is 0 Å². The number of hydrogen-bond donors (Lipinski definition) is 4. The van der Waals surface area contributed by atoms with Gasteiger partial charge in [-0.2, -0.15) is 13.2 Å². The van der Waals surface area contributed by atoms with Gasteiger partial charge in [-0.3, -0.25) is 4.90 Å². The third-order valence-corrected chi connectivity index (χ3v) is 6.19. The van der Waals surface area contributed by atoms with Gasteiger partial charge in [-0.25, -0.2) is 0 Å². The largest absolute Gasteiger partial charge is 0.417 e. The molecule has 168 valence electrons. The van der Waals surface area contributed by atoms with Gasteiger partial charge < -0.3 is 21.6 Å². The zero-order valence-corrected chi connectivity index (χ0v) is 18.1. The van der Waals surface area contributed by atoms with Gasteiger partial charge in [0.25, 0.3) is 0 Å². The van der Waals surface area contributed by atoms with Crippen LogP contribution in [0.15, 0.2) is 52.9 Å². The molecule has 2 aliphatic rings. The van der Waals surface area contributed by atoms with E-state index in [-0.39, 0.29) is 17.6 Å². The number of aliphatic hydroxyl groups excluding tert-OH is 1. The molecule has 2 aliphatic heterocycles. The van der Waals surface area contributed by atoms with E-state index < -0.39 is 23.0 Å². The molecule has 0 saturated carbocycles. The molecule has 0 spiro atoms. The summed E-state index contributed by atoms with van der Waals surface area (Å²) in [6.07, 6.45) is 0.134. The van der Waals surface area contributed by atoms with Crippen LogP contribution in [0.4, 0.5) is 13.2 Å². The van der Waals surface area contributed by atoms with Crippen LogP contribution >= 0.6 is 11.6 Å². The standard InChI is InChI=1S/C22H26ClF3N4O/c1-3-13-10-15(18(28)7-8-27)16-9-12(2)30(11-19(16)29-13)21(31)14-5-4-6-17(20(14)23)22(24,25)26/h4-8,10,12-13,21,27,29,31H,3,9,11,28H2,1-2H3/b18-7-,27-8?. The van der Waals surface area contributed by atoms with Crippen molar-refractivity contribution in [2.24, 2.45) is 5.73 Å². The summed E-state index contributed by atoms with van der Waals surface area (Å²) < 4.78 is 39.8. The summed E-state index contributed by atoms with van der Waals surface area (Å²) >= 11 is 6.05. The molecule has 5 N–H and O–H groups in total. The third-order valence-electron chi connectivity index (χ3n) is 5.76. The second kappa shape index (κ2) is 9.06. The highest BCUT2D eigenvalue weighted by Crippen LogP contribution is 2.41. The van der Waals surface area contributed by atoms with Gasteiger partial charge in [0.1, 0.15) is 6.23 Å². The lowest BCUT2D eigenvalue weighted by molar-refractivity contribution is -0.137. The van der Waals surface area contributed by atoms with Crippen LogP contribution < -0.4 is 11.1 Å². The van der Waals surface area contributed by atoms with E-state index in [4.69, 9.17) is 22.7 Å². The van der Waals surface area contributed by atoms with Gasteiger partial charge in [-0.15, -0.1) is 0 Å². The molecule has 0 bridgehead atoms. The summed E-state index contributed by atoms with van der Waals surface area (Å²) in [5.41, 5.74) is 8.45. The second-order valence-corrected chi connectivity index (χ2v) is 8.17. The van der Waals surface area contributed by atoms with Crippen LogP contribution in [0.1, 0.15) is 44.0 Å². The number of aliphatic hydroxyl groups is 1. The number of alkyl halides is 3. The van der Waals surface area contributed by atoms with Gasteiger partial charge in [-0.05, 0) is 37.5 Å². The molecule has 0 saturated heterocycles. The van der Waals surface area contributed by atoms with Crippen LogP contribution in [0.3, 0.4) is 0 Å². The van der Waals surface area contributed by atoms with E-state index in [0.29, 0.717) is 18.7 Å². The summed E-state index contributed by atoms with van der Waals surface area (Å²) in [5.74, 6) is 0. The Labute approximate surface area is 184 Å². The first-order valence-electron chi connectivity index (χ1n) is 10.0. The summed E-state index contributed by atoms with van der Waals surface area (Å²) in [5, 5.41) is 21.3. The minimum absolute atomic E-state index is 0.0224. The van der Waals surface area contributed by atoms with Crippen molar-refractivity contribution < 1.29 is 18.3 Å². The molecule has 9 heteroatoms. The monoisotopic (exact) mass is 454 g/mol. The number of allylic oxidation sites excluding steroid dienone is 2. The molecular formula is C22H26ClF3N4O. The molecule has 3 rings (SSSR count). The normalized spacial score (nSPS) is 23.7. The highest BCUT2D eigenvalue weighted by atomic mass is 35.5. The van der Waals surface area contributed by atoms with Gasteiger partial charge in [-0.1, -0.05) is 36.7 Å². The number of halogens is 4. The zero-order valence-electron chi connectivity index (χ0n) is 17.3. The molecule has 3 atom stereocenters. The SMILES string of the molecule is CCC1C=C(/C(N)=C/C=N)C2=C(CN(C(O)c3cccc(C(F)(F)F)c3Cl)C(C)C2)N1. The molecule has 31 heavy (non-hydrogen) atoms. The molecule has 0 aliphatic carbocycles. The number of nitrogens with two attached hydrogens (primary N) is 1. The molecule has 2 heterocycles. The Morgan fingerprint density at radius 2 is 2.16 bits per heavy atom. The fraction of sp³-hybridized carbons (Fsp3) is 0.409. The summed E-state index contributed by atoms with van der Waals surface area (Å²) in [4.78, 5) is 1.72. The van der Waals surface area contributed by atoms with Crippen molar-refractivity contribution in [1.82, 2.24) is 10.2 Å². The highest BCUT2D eigenvalue weighted by Gasteiger charge is 2.38. The number of nitrogens with one attached hydrogen (secondary N) is 2. The number of hydrogen-bond acceptors (Lipinski definition) is 5. The van der Waals surface area contributed by atoms with E-state index >= 15 is 0 Å². The summed E-state index contributed by atoms with van der Waals surface area (Å²) in [7, 11) is 0. The van der Waals surface area contributed by atoms with Crippen molar-refractivity contribution in [2.75, 3.05) is 6.54 Å². The van der Waals surface area contributed by atoms with E-state index in [1.54, 1.807) is 4.90 Å². The smallest absolute Gasteiger partial charge is 0.398 e. The van der Waals surface area contributed by atoms with Crippen molar-refractivity contribution in [2.45, 2.75) is 51.2 Å². The quantitative estimate of drug-likeness (QED) is 0.493. The molecule has 0 radical (unpaired) electrons. The van der Waals surface area contributed by atoms with Crippen molar-refractivity contribution >= 4 is 17.8 Å². The van der Waals surface area contributed by atoms with Crippen LogP contribution in [0.25, 0.3) is 0 Å². The first-order valence-corrected chi connectivity index (χ1v) is 10.4. The van der Waals surface area contributed by atoms with Gasteiger partial charge in [0.05, 0.1) is 10.6 Å². The van der Waals surface area contributed by atoms with Crippen LogP contribution in [0, 0.1) is 5.41 Å². The fourth-order valence-electron chi connectivity index (χ4n) is 4.09. The maximum Gasteiger partial charge on any atom is 0.417 e. The van der Waals surface area contributed by atoms with Gasteiger partial charge in [0, 0.05) is 47.4 Å². The minimum atomic E-state index is -4.60. The van der Waals surface area contributed by atoms with E-state index in [9.17, 15) is 18.3 Å². The van der Waals surface area contributed by atoms with E-state index in [0.717, 1.165) is 35.5 Å². The average molecular weight is 455 g/mol. The molecule has 0 fully saturated rings. The third kappa shape index (κ3) is 4.66. The van der Waals surface area contributed by atoms with E-state index in [1.165, 1.54) is 18.2 Å². The van der Waals surface area contributed by atoms with Crippen LogP contribution in [-0.4, -0.2) is 34.8 Å². The Morgan fingerprint density at radius 3 is 2.77 bits per heavy atom. The van der Waals surface area contributed by atoms with Gasteiger partial charge in [0.15, 0.2) is 0 Å². The van der Waals surface area contributed by atoms with Crippen LogP contribution in [-0.2, 0) is 6.18 Å². The van der Waals surface area contributed by atoms with Crippen molar-refractivity contribution in [3.63, 3.8) is 0 Å². The minimum Gasteiger partial charge on any atom is -0.398 e. The predicted molar refractivity (Wildman–Crippen MR) is 116 cm³/mol. The first-order chi connectivity index (χ1) is 14.6. The molecule has 1 aromatic carbocycles. The number of dihydropyridines is 1. The van der Waals surface area contributed by atoms with Crippen molar-refractivity contribution in [3.05, 3.63) is 69.0 Å². The second-order valence-electron chi connectivity index (χ2n) is 7.79. The lowest BCUT2D eigenvalue weighted by Crippen LogP contribution is -2.47. The lowest BCUT2D eigenvalue weighted by atomic mass is 9.86.